The van der Waals surface area contributed by atoms with Crippen LogP contribution in [0.15, 0.2) is 24.3 Å². The van der Waals surface area contributed by atoms with Crippen LogP contribution in [0.1, 0.15) is 245 Å². The summed E-state index contributed by atoms with van der Waals surface area (Å²) in [5, 5.41) is 87.2. The quantitative estimate of drug-likeness (QED) is 0.0205. The van der Waals surface area contributed by atoms with Gasteiger partial charge in [-0.05, 0) is 44.9 Å². The fourth-order valence-corrected chi connectivity index (χ4v) is 9.86. The van der Waals surface area contributed by atoms with E-state index in [1.165, 1.54) is 141 Å². The lowest BCUT2D eigenvalue weighted by molar-refractivity contribution is -0.359. The largest absolute Gasteiger partial charge is 0.394 e. The van der Waals surface area contributed by atoms with Crippen molar-refractivity contribution < 1.29 is 64.6 Å². The van der Waals surface area contributed by atoms with E-state index in [-0.39, 0.29) is 18.9 Å². The van der Waals surface area contributed by atoms with Crippen LogP contribution in [0.25, 0.3) is 0 Å². The highest BCUT2D eigenvalue weighted by molar-refractivity contribution is 5.76. The Morgan fingerprint density at radius 2 is 0.917 bits per heavy atom. The summed E-state index contributed by atoms with van der Waals surface area (Å²) in [6.07, 6.45) is 34.6. The standard InChI is InChI=1S/C58H109NO13/c1-3-5-7-9-11-13-15-17-19-21-22-23-24-25-26-27-29-31-33-35-37-39-41-47(62)46(59-50(63)42-40-38-36-34-32-30-28-20-18-16-14-12-10-8-6-4-2)45-69-57-55(68)53(66)56(49(44-61)71-57)72-58-54(67)52(65)51(64)48(43-60)70-58/h14,16,20,28,46-49,51-58,60-62,64-68H,3-13,15,17-19,21-27,29-45H2,1-2H3,(H,59,63)/b16-14-,28-20-. The SMILES string of the molecule is CCCCCC/C=C\C/C=C\CCCCCCCC(=O)NC(COC1OC(CO)C(OC2OC(CO)C(O)C(O)C2O)C(O)C1O)C(O)CCCCCCCCCCCCCCCCCCCCCCCC. The molecule has 12 unspecified atom stereocenters. The van der Waals surface area contributed by atoms with E-state index in [2.05, 4.69) is 43.5 Å². The van der Waals surface area contributed by atoms with Crippen molar-refractivity contribution in [2.45, 2.75) is 319 Å². The van der Waals surface area contributed by atoms with E-state index < -0.39 is 86.8 Å². The Labute approximate surface area is 437 Å². The molecular weight excluding hydrogens is 919 g/mol. The number of hydrogen-bond donors (Lipinski definition) is 9. The first kappa shape index (κ1) is 66.6. The highest BCUT2D eigenvalue weighted by atomic mass is 16.7. The summed E-state index contributed by atoms with van der Waals surface area (Å²) in [7, 11) is 0. The fourth-order valence-electron chi connectivity index (χ4n) is 9.86. The van der Waals surface area contributed by atoms with Crippen molar-refractivity contribution in [3.63, 3.8) is 0 Å². The van der Waals surface area contributed by atoms with Gasteiger partial charge < -0.3 is 65.1 Å². The number of carbonyl (C=O) groups excluding carboxylic acids is 1. The molecule has 2 heterocycles. The zero-order valence-electron chi connectivity index (χ0n) is 45.4. The Balaban J connectivity index is 1.76. The third-order valence-corrected chi connectivity index (χ3v) is 14.7. The van der Waals surface area contributed by atoms with Crippen LogP contribution in [-0.2, 0) is 23.7 Å². The highest BCUT2D eigenvalue weighted by Gasteiger charge is 2.51. The first-order chi connectivity index (χ1) is 35.1. The van der Waals surface area contributed by atoms with Crippen LogP contribution in [0.2, 0.25) is 0 Å². The molecule has 1 amide bonds. The molecule has 0 aromatic carbocycles. The summed E-state index contributed by atoms with van der Waals surface area (Å²) < 4.78 is 22.8. The molecule has 2 rings (SSSR count). The number of nitrogens with one attached hydrogen (secondary N) is 1. The summed E-state index contributed by atoms with van der Waals surface area (Å²) in [5.74, 6) is -0.218. The van der Waals surface area contributed by atoms with Gasteiger partial charge in [-0.15, -0.1) is 0 Å². The Morgan fingerprint density at radius 1 is 0.500 bits per heavy atom. The predicted octanol–water partition coefficient (Wildman–Crippen LogP) is 9.67. The molecule has 0 saturated carbocycles. The zero-order valence-corrected chi connectivity index (χ0v) is 45.4. The predicted molar refractivity (Wildman–Crippen MR) is 286 cm³/mol. The number of ether oxygens (including phenoxy) is 4. The minimum absolute atomic E-state index is 0.218. The topological polar surface area (TPSA) is 228 Å². The monoisotopic (exact) mass is 1030 g/mol. The van der Waals surface area contributed by atoms with Crippen LogP contribution in [0.4, 0.5) is 0 Å². The second-order valence-corrected chi connectivity index (χ2v) is 21.1. The molecule has 0 aromatic rings. The maximum Gasteiger partial charge on any atom is 0.220 e. The van der Waals surface area contributed by atoms with E-state index in [4.69, 9.17) is 18.9 Å². The van der Waals surface area contributed by atoms with Gasteiger partial charge in [-0.3, -0.25) is 4.79 Å². The van der Waals surface area contributed by atoms with E-state index >= 15 is 0 Å². The minimum atomic E-state index is -1.78. The van der Waals surface area contributed by atoms with Crippen molar-refractivity contribution in [2.24, 2.45) is 0 Å². The summed E-state index contributed by atoms with van der Waals surface area (Å²) in [4.78, 5) is 13.2. The average Bonchev–Trinajstić information content (AvgIpc) is 3.38. The molecule has 2 aliphatic rings. The number of unbranched alkanes of at least 4 members (excludes halogenated alkanes) is 30. The molecule has 14 heteroatoms. The Kier molecular flexibility index (Phi) is 41.2. The smallest absolute Gasteiger partial charge is 0.220 e. The van der Waals surface area contributed by atoms with E-state index in [0.29, 0.717) is 12.8 Å². The van der Waals surface area contributed by atoms with Crippen LogP contribution in [0, 0.1) is 0 Å². The lowest BCUT2D eigenvalue weighted by Gasteiger charge is -2.46. The zero-order chi connectivity index (χ0) is 52.4. The van der Waals surface area contributed by atoms with E-state index in [0.717, 1.165) is 70.6 Å². The van der Waals surface area contributed by atoms with Crippen LogP contribution >= 0.6 is 0 Å². The van der Waals surface area contributed by atoms with Gasteiger partial charge in [-0.2, -0.15) is 0 Å². The van der Waals surface area contributed by atoms with Gasteiger partial charge in [0.1, 0.15) is 48.8 Å². The van der Waals surface area contributed by atoms with E-state index in [9.17, 15) is 45.6 Å². The van der Waals surface area contributed by atoms with E-state index in [1.807, 2.05) is 0 Å². The summed E-state index contributed by atoms with van der Waals surface area (Å²) in [6, 6.07) is -0.835. The van der Waals surface area contributed by atoms with Gasteiger partial charge in [0.2, 0.25) is 5.91 Å². The molecule has 0 aliphatic carbocycles. The molecule has 424 valence electrons. The van der Waals surface area contributed by atoms with Crippen molar-refractivity contribution in [3.05, 3.63) is 24.3 Å². The second kappa shape index (κ2) is 44.6. The van der Waals surface area contributed by atoms with Crippen LogP contribution in [0.5, 0.6) is 0 Å². The minimum Gasteiger partial charge on any atom is -0.394 e. The molecule has 72 heavy (non-hydrogen) atoms. The van der Waals surface area contributed by atoms with Gasteiger partial charge in [-0.25, -0.2) is 0 Å². The molecule has 2 aliphatic heterocycles. The van der Waals surface area contributed by atoms with Gasteiger partial charge in [-0.1, -0.05) is 218 Å². The van der Waals surface area contributed by atoms with Crippen molar-refractivity contribution in [1.29, 1.82) is 0 Å². The van der Waals surface area contributed by atoms with Gasteiger partial charge >= 0.3 is 0 Å². The number of aliphatic hydroxyl groups is 8. The maximum atomic E-state index is 13.2. The molecule has 0 aromatic heterocycles. The number of allylic oxidation sites excluding steroid dienone is 4. The maximum absolute atomic E-state index is 13.2. The first-order valence-corrected chi connectivity index (χ1v) is 29.6. The van der Waals surface area contributed by atoms with Crippen LogP contribution in [-0.4, -0.2) is 140 Å². The number of amides is 1. The molecule has 2 fully saturated rings. The highest BCUT2D eigenvalue weighted by Crippen LogP contribution is 2.30. The third-order valence-electron chi connectivity index (χ3n) is 14.7. The summed E-state index contributed by atoms with van der Waals surface area (Å²) in [5.41, 5.74) is 0. The molecule has 12 atom stereocenters. The number of aliphatic hydroxyl groups excluding tert-OH is 8. The molecular formula is C58H109NO13. The number of hydrogen-bond acceptors (Lipinski definition) is 13. The molecule has 0 bridgehead atoms. The Morgan fingerprint density at radius 3 is 1.40 bits per heavy atom. The van der Waals surface area contributed by atoms with E-state index in [1.54, 1.807) is 0 Å². The van der Waals surface area contributed by atoms with Gasteiger partial charge in [0.15, 0.2) is 12.6 Å². The van der Waals surface area contributed by atoms with Gasteiger partial charge in [0.25, 0.3) is 0 Å². The fraction of sp³-hybridized carbons (Fsp3) is 0.914. The van der Waals surface area contributed by atoms with Crippen molar-refractivity contribution >= 4 is 5.91 Å². The molecule has 9 N–H and O–H groups in total. The van der Waals surface area contributed by atoms with Crippen LogP contribution < -0.4 is 5.32 Å². The molecule has 14 nitrogen and oxygen atoms in total. The number of carbonyl (C=O) groups is 1. The Hall–Kier alpha value is -1.53. The summed E-state index contributed by atoms with van der Waals surface area (Å²) >= 11 is 0. The Bertz CT molecular complexity index is 1300. The first-order valence-electron chi connectivity index (χ1n) is 29.6. The average molecular weight is 1030 g/mol. The molecule has 0 radical (unpaired) electrons. The molecule has 2 saturated heterocycles. The normalized spacial score (nSPS) is 25.7. The van der Waals surface area contributed by atoms with Crippen molar-refractivity contribution in [1.82, 2.24) is 5.32 Å². The lowest BCUT2D eigenvalue weighted by Crippen LogP contribution is -2.65. The van der Waals surface area contributed by atoms with Crippen LogP contribution in [0.3, 0.4) is 0 Å². The number of rotatable bonds is 47. The summed E-state index contributed by atoms with van der Waals surface area (Å²) in [6.45, 7) is 2.85. The second-order valence-electron chi connectivity index (χ2n) is 21.1. The van der Waals surface area contributed by atoms with Crippen molar-refractivity contribution in [2.75, 3.05) is 19.8 Å². The van der Waals surface area contributed by atoms with Crippen molar-refractivity contribution in [3.8, 4) is 0 Å². The molecule has 0 spiro atoms. The van der Waals surface area contributed by atoms with Gasteiger partial charge in [0, 0.05) is 6.42 Å². The van der Waals surface area contributed by atoms with Gasteiger partial charge in [0.05, 0.1) is 32.0 Å². The third kappa shape index (κ3) is 30.3. The lowest BCUT2D eigenvalue weighted by atomic mass is 9.97.